The molecule has 2 aromatic carbocycles. The quantitative estimate of drug-likeness (QED) is 0.360. The second-order valence-corrected chi connectivity index (χ2v) is 9.18. The lowest BCUT2D eigenvalue weighted by Crippen LogP contribution is -2.59. The minimum absolute atomic E-state index is 0.144. The SMILES string of the molecule is N=C(N)N(c1c(N)cc2c3c(cccc13)C=C2)C1C2CC3CC(C2)CC1C3. The van der Waals surface area contributed by atoms with Gasteiger partial charge in [0.1, 0.15) is 0 Å². The van der Waals surface area contributed by atoms with Crippen molar-refractivity contribution < 1.29 is 0 Å². The molecule has 0 aromatic heterocycles. The third-order valence-corrected chi connectivity index (χ3v) is 7.64. The molecule has 4 saturated carbocycles. The molecule has 4 bridgehead atoms. The van der Waals surface area contributed by atoms with Crippen LogP contribution >= 0.6 is 0 Å². The molecule has 138 valence electrons. The average Bonchev–Trinajstić information content (AvgIpc) is 3.03. The predicted octanol–water partition coefficient (Wildman–Crippen LogP) is 4.43. The first kappa shape index (κ1) is 15.6. The Balaban J connectivity index is 1.55. The van der Waals surface area contributed by atoms with Crippen LogP contribution in [0.2, 0.25) is 0 Å². The lowest BCUT2D eigenvalue weighted by Gasteiger charge is -2.57. The molecule has 0 unspecified atom stereocenters. The second-order valence-electron chi connectivity index (χ2n) is 9.18. The molecule has 5 aliphatic rings. The number of nitrogen functional groups attached to an aromatic ring is 1. The number of guanidine groups is 1. The first-order valence-corrected chi connectivity index (χ1v) is 10.3. The van der Waals surface area contributed by atoms with E-state index in [1.807, 2.05) is 0 Å². The fraction of sp³-hybridized carbons (Fsp3) is 0.435. The molecule has 0 saturated heterocycles. The summed E-state index contributed by atoms with van der Waals surface area (Å²) in [6.07, 6.45) is 10.9. The molecule has 4 nitrogen and oxygen atoms in total. The van der Waals surface area contributed by atoms with Crippen molar-refractivity contribution in [1.82, 2.24) is 0 Å². The van der Waals surface area contributed by atoms with Crippen molar-refractivity contribution in [2.24, 2.45) is 29.4 Å². The summed E-state index contributed by atoms with van der Waals surface area (Å²) < 4.78 is 0. The van der Waals surface area contributed by atoms with Crippen LogP contribution in [0.3, 0.4) is 0 Å². The van der Waals surface area contributed by atoms with Gasteiger partial charge in [0, 0.05) is 11.4 Å². The number of rotatable bonds is 2. The normalized spacial score (nSPS) is 32.4. The third kappa shape index (κ3) is 2.07. The Morgan fingerprint density at radius 2 is 1.63 bits per heavy atom. The lowest BCUT2D eigenvalue weighted by atomic mass is 9.54. The molecule has 2 aromatic rings. The molecular weight excluding hydrogens is 332 g/mol. The standard InChI is InChI=1S/C23H26N4/c24-19-11-15-5-4-14-2-1-3-18(20(14)15)22(19)27(23(25)26)21-16-7-12-6-13(9-16)10-17(21)8-12/h1-5,11-13,16-17,21H,6-10,24H2,(H3,25,26). The third-order valence-electron chi connectivity index (χ3n) is 7.64. The lowest BCUT2D eigenvalue weighted by molar-refractivity contribution is 0.00138. The van der Waals surface area contributed by atoms with E-state index in [1.54, 1.807) is 0 Å². The Morgan fingerprint density at radius 3 is 2.30 bits per heavy atom. The van der Waals surface area contributed by atoms with Gasteiger partial charge in [-0.1, -0.05) is 30.4 Å². The van der Waals surface area contributed by atoms with Gasteiger partial charge in [0.15, 0.2) is 5.96 Å². The van der Waals surface area contributed by atoms with Crippen molar-refractivity contribution in [3.8, 4) is 0 Å². The zero-order valence-electron chi connectivity index (χ0n) is 15.5. The van der Waals surface area contributed by atoms with E-state index in [0.29, 0.717) is 17.9 Å². The van der Waals surface area contributed by atoms with Gasteiger partial charge in [-0.25, -0.2) is 0 Å². The van der Waals surface area contributed by atoms with Crippen LogP contribution in [0.5, 0.6) is 0 Å². The summed E-state index contributed by atoms with van der Waals surface area (Å²) in [4.78, 5) is 2.11. The van der Waals surface area contributed by atoms with E-state index >= 15 is 0 Å². The highest BCUT2D eigenvalue weighted by atomic mass is 15.3. The number of nitrogens with zero attached hydrogens (tertiary/aromatic N) is 1. The summed E-state index contributed by atoms with van der Waals surface area (Å²) >= 11 is 0. The highest BCUT2D eigenvalue weighted by Crippen LogP contribution is 2.56. The van der Waals surface area contributed by atoms with Crippen molar-refractivity contribution in [2.45, 2.75) is 38.1 Å². The van der Waals surface area contributed by atoms with E-state index in [1.165, 1.54) is 48.6 Å². The molecule has 0 aliphatic heterocycles. The molecule has 0 heterocycles. The zero-order valence-corrected chi connectivity index (χ0v) is 15.5. The van der Waals surface area contributed by atoms with Gasteiger partial charge in [-0.15, -0.1) is 0 Å². The van der Waals surface area contributed by atoms with Crippen LogP contribution in [0.15, 0.2) is 24.3 Å². The van der Waals surface area contributed by atoms with Crippen LogP contribution in [-0.4, -0.2) is 12.0 Å². The molecule has 0 spiro atoms. The Bertz CT molecular complexity index is 977. The molecule has 7 rings (SSSR count). The van der Waals surface area contributed by atoms with Gasteiger partial charge in [0.25, 0.3) is 0 Å². The summed E-state index contributed by atoms with van der Waals surface area (Å²) in [6.45, 7) is 0. The zero-order chi connectivity index (χ0) is 18.3. The van der Waals surface area contributed by atoms with Crippen LogP contribution in [-0.2, 0) is 0 Å². The largest absolute Gasteiger partial charge is 0.397 e. The number of hydrogen-bond donors (Lipinski definition) is 3. The minimum Gasteiger partial charge on any atom is -0.397 e. The molecule has 27 heavy (non-hydrogen) atoms. The molecule has 0 radical (unpaired) electrons. The Morgan fingerprint density at radius 1 is 0.963 bits per heavy atom. The fourth-order valence-corrected chi connectivity index (χ4v) is 7.02. The molecule has 4 heteroatoms. The van der Waals surface area contributed by atoms with Crippen LogP contribution in [0.4, 0.5) is 11.4 Å². The van der Waals surface area contributed by atoms with Crippen LogP contribution in [0, 0.1) is 29.1 Å². The van der Waals surface area contributed by atoms with Gasteiger partial charge in [-0.2, -0.15) is 0 Å². The second kappa shape index (κ2) is 5.28. The maximum Gasteiger partial charge on any atom is 0.193 e. The van der Waals surface area contributed by atoms with Gasteiger partial charge in [-0.3, -0.25) is 5.41 Å². The predicted molar refractivity (Wildman–Crippen MR) is 113 cm³/mol. The number of nitrogens with two attached hydrogens (primary N) is 2. The maximum atomic E-state index is 8.49. The van der Waals surface area contributed by atoms with E-state index < -0.39 is 0 Å². The highest BCUT2D eigenvalue weighted by Gasteiger charge is 2.51. The maximum absolute atomic E-state index is 8.49. The topological polar surface area (TPSA) is 79.1 Å². The van der Waals surface area contributed by atoms with Crippen molar-refractivity contribution in [3.05, 3.63) is 35.4 Å². The van der Waals surface area contributed by atoms with Crippen molar-refractivity contribution in [1.29, 1.82) is 5.41 Å². The van der Waals surface area contributed by atoms with Crippen molar-refractivity contribution >= 4 is 40.3 Å². The fourth-order valence-electron chi connectivity index (χ4n) is 7.02. The van der Waals surface area contributed by atoms with E-state index in [4.69, 9.17) is 16.9 Å². The molecule has 4 fully saturated rings. The Hall–Kier alpha value is -2.49. The van der Waals surface area contributed by atoms with E-state index in [0.717, 1.165) is 28.6 Å². The molecule has 5 N–H and O–H groups in total. The van der Waals surface area contributed by atoms with Crippen LogP contribution in [0.1, 0.15) is 43.2 Å². The molecule has 0 atom stereocenters. The van der Waals surface area contributed by atoms with Gasteiger partial charge in [0.2, 0.25) is 0 Å². The van der Waals surface area contributed by atoms with E-state index in [-0.39, 0.29) is 5.96 Å². The van der Waals surface area contributed by atoms with Crippen LogP contribution < -0.4 is 16.4 Å². The summed E-state index contributed by atoms with van der Waals surface area (Å²) in [5.74, 6) is 3.22. The summed E-state index contributed by atoms with van der Waals surface area (Å²) in [5, 5.41) is 10.9. The number of hydrogen-bond acceptors (Lipinski definition) is 2. The van der Waals surface area contributed by atoms with Gasteiger partial charge in [-0.05, 0) is 78.4 Å². The van der Waals surface area contributed by atoms with E-state index in [2.05, 4.69) is 41.3 Å². The molecule has 0 amide bonds. The van der Waals surface area contributed by atoms with Crippen molar-refractivity contribution in [3.63, 3.8) is 0 Å². The van der Waals surface area contributed by atoms with Crippen molar-refractivity contribution in [2.75, 3.05) is 10.6 Å². The highest BCUT2D eigenvalue weighted by molar-refractivity contribution is 6.15. The van der Waals surface area contributed by atoms with Gasteiger partial charge >= 0.3 is 0 Å². The first-order chi connectivity index (χ1) is 13.1. The van der Waals surface area contributed by atoms with Crippen LogP contribution in [0.25, 0.3) is 22.9 Å². The Kier molecular flexibility index (Phi) is 3.04. The van der Waals surface area contributed by atoms with Gasteiger partial charge in [0.05, 0.1) is 11.4 Å². The summed E-state index contributed by atoms with van der Waals surface area (Å²) in [6, 6.07) is 8.78. The minimum atomic E-state index is 0.144. The van der Waals surface area contributed by atoms with Gasteiger partial charge < -0.3 is 16.4 Å². The smallest absolute Gasteiger partial charge is 0.193 e. The molecular formula is C23H26N4. The first-order valence-electron chi connectivity index (χ1n) is 10.3. The summed E-state index contributed by atoms with van der Waals surface area (Å²) in [5.41, 5.74) is 16.9. The number of benzene rings is 2. The monoisotopic (exact) mass is 358 g/mol. The Labute approximate surface area is 159 Å². The average molecular weight is 358 g/mol. The summed E-state index contributed by atoms with van der Waals surface area (Å²) in [7, 11) is 0. The number of nitrogens with one attached hydrogen (secondary N) is 1. The van der Waals surface area contributed by atoms with E-state index in [9.17, 15) is 0 Å². The molecule has 5 aliphatic carbocycles. The number of anilines is 2.